The minimum Gasteiger partial charge on any atom is -0.369 e. The van der Waals surface area contributed by atoms with Crippen LogP contribution in [0, 0.1) is 12.7 Å². The monoisotopic (exact) mass is 272 g/mol. The molecule has 0 aromatic heterocycles. The van der Waals surface area contributed by atoms with E-state index in [9.17, 15) is 4.39 Å². The Morgan fingerprint density at radius 1 is 1.47 bits per heavy atom. The van der Waals surface area contributed by atoms with Crippen LogP contribution in [0.25, 0.3) is 0 Å². The largest absolute Gasteiger partial charge is 0.369 e. The van der Waals surface area contributed by atoms with E-state index in [2.05, 4.69) is 26.1 Å². The van der Waals surface area contributed by atoms with Gasteiger partial charge in [0.05, 0.1) is 6.21 Å². The van der Waals surface area contributed by atoms with Crippen molar-refractivity contribution in [3.05, 3.63) is 33.5 Å². The van der Waals surface area contributed by atoms with Crippen LogP contribution in [-0.2, 0) is 0 Å². The minimum absolute atomic E-state index is 0.166. The second kappa shape index (κ2) is 4.88. The molecule has 0 unspecified atom stereocenters. The van der Waals surface area contributed by atoms with Crippen LogP contribution in [0.4, 0.5) is 4.39 Å². The fourth-order valence-corrected chi connectivity index (χ4v) is 1.25. The van der Waals surface area contributed by atoms with Crippen molar-refractivity contribution in [1.29, 1.82) is 0 Å². The number of nitrogens with two attached hydrogens (primary N) is 2. The highest BCUT2D eigenvalue weighted by atomic mass is 79.9. The first-order valence-electron chi connectivity index (χ1n) is 4.09. The Hall–Kier alpha value is -1.43. The first-order chi connectivity index (χ1) is 7.02. The van der Waals surface area contributed by atoms with Crippen molar-refractivity contribution in [1.82, 2.24) is 0 Å². The summed E-state index contributed by atoms with van der Waals surface area (Å²) in [5.74, 6) is -0.514. The van der Waals surface area contributed by atoms with Crippen LogP contribution in [0.5, 0.6) is 0 Å². The van der Waals surface area contributed by atoms with Gasteiger partial charge in [-0.2, -0.15) is 5.10 Å². The Labute approximate surface area is 95.0 Å². The molecule has 0 fully saturated rings. The zero-order valence-electron chi connectivity index (χ0n) is 8.04. The van der Waals surface area contributed by atoms with Gasteiger partial charge in [0.25, 0.3) is 0 Å². The summed E-state index contributed by atoms with van der Waals surface area (Å²) in [6.07, 6.45) is 1.26. The molecule has 15 heavy (non-hydrogen) atoms. The van der Waals surface area contributed by atoms with Crippen molar-refractivity contribution in [2.24, 2.45) is 21.7 Å². The topological polar surface area (TPSA) is 76.8 Å². The van der Waals surface area contributed by atoms with E-state index in [-0.39, 0.29) is 11.8 Å². The zero-order chi connectivity index (χ0) is 11.4. The molecule has 0 saturated heterocycles. The van der Waals surface area contributed by atoms with Crippen LogP contribution < -0.4 is 11.5 Å². The maximum Gasteiger partial charge on any atom is 0.211 e. The molecule has 80 valence electrons. The Kier molecular flexibility index (Phi) is 3.79. The lowest BCUT2D eigenvalue weighted by atomic mass is 10.1. The molecule has 6 heteroatoms. The Balaban J connectivity index is 3.02. The van der Waals surface area contributed by atoms with Crippen LogP contribution in [0.1, 0.15) is 11.1 Å². The third kappa shape index (κ3) is 3.02. The molecule has 1 aromatic rings. The Morgan fingerprint density at radius 3 is 2.73 bits per heavy atom. The number of hydrogen-bond acceptors (Lipinski definition) is 2. The number of hydrogen-bond donors (Lipinski definition) is 2. The van der Waals surface area contributed by atoms with Crippen LogP contribution >= 0.6 is 15.9 Å². The van der Waals surface area contributed by atoms with Crippen LogP contribution in [0.3, 0.4) is 0 Å². The summed E-state index contributed by atoms with van der Waals surface area (Å²) in [4.78, 5) is 0. The summed E-state index contributed by atoms with van der Waals surface area (Å²) in [5, 5.41) is 6.91. The van der Waals surface area contributed by atoms with Gasteiger partial charge in [0.2, 0.25) is 5.96 Å². The number of nitrogens with zero attached hydrogens (tertiary/aromatic N) is 2. The van der Waals surface area contributed by atoms with Gasteiger partial charge in [0.15, 0.2) is 0 Å². The fraction of sp³-hybridized carbons (Fsp3) is 0.111. The predicted octanol–water partition coefficient (Wildman–Crippen LogP) is 1.50. The molecule has 4 N–H and O–H groups in total. The first-order valence-corrected chi connectivity index (χ1v) is 4.88. The van der Waals surface area contributed by atoms with Crippen molar-refractivity contribution >= 4 is 28.1 Å². The SMILES string of the molecule is Cc1c(Br)ccc(C=NN=C(N)N)c1F. The second-order valence-electron chi connectivity index (χ2n) is 2.85. The van der Waals surface area contributed by atoms with Gasteiger partial charge in [-0.3, -0.25) is 0 Å². The average Bonchev–Trinajstić information content (AvgIpc) is 2.18. The summed E-state index contributed by atoms with van der Waals surface area (Å²) >= 11 is 3.22. The fourth-order valence-electron chi connectivity index (χ4n) is 0.940. The van der Waals surface area contributed by atoms with E-state index in [0.717, 1.165) is 0 Å². The number of halogens is 2. The van der Waals surface area contributed by atoms with Gasteiger partial charge >= 0.3 is 0 Å². The molecule has 0 heterocycles. The second-order valence-corrected chi connectivity index (χ2v) is 3.70. The Morgan fingerprint density at radius 2 is 2.13 bits per heavy atom. The van der Waals surface area contributed by atoms with Crippen molar-refractivity contribution < 1.29 is 4.39 Å². The molecule has 1 rings (SSSR count). The molecule has 0 bridgehead atoms. The standard InChI is InChI=1S/C9H10BrFN4/c1-5-7(10)3-2-6(8(5)11)4-14-15-9(12)13/h2-4H,1H3,(H4,12,13,15). The molecule has 0 spiro atoms. The van der Waals surface area contributed by atoms with E-state index in [0.29, 0.717) is 15.6 Å². The smallest absolute Gasteiger partial charge is 0.211 e. The van der Waals surface area contributed by atoms with Crippen LogP contribution in [-0.4, -0.2) is 12.2 Å². The molecular formula is C9H10BrFN4. The third-order valence-corrected chi connectivity index (χ3v) is 2.58. The Bertz CT molecular complexity index is 424. The van der Waals surface area contributed by atoms with Gasteiger partial charge < -0.3 is 11.5 Å². The molecule has 0 aliphatic rings. The molecule has 0 aliphatic heterocycles. The summed E-state index contributed by atoms with van der Waals surface area (Å²) in [7, 11) is 0. The molecule has 4 nitrogen and oxygen atoms in total. The van der Waals surface area contributed by atoms with Crippen LogP contribution in [0.2, 0.25) is 0 Å². The molecule has 0 atom stereocenters. The highest BCUT2D eigenvalue weighted by molar-refractivity contribution is 9.10. The van der Waals surface area contributed by atoms with Gasteiger partial charge in [-0.25, -0.2) is 4.39 Å². The van der Waals surface area contributed by atoms with E-state index in [1.54, 1.807) is 19.1 Å². The molecule has 1 aromatic carbocycles. The van der Waals surface area contributed by atoms with Gasteiger partial charge in [0.1, 0.15) is 5.82 Å². The average molecular weight is 273 g/mol. The number of guanidine groups is 1. The first kappa shape index (κ1) is 11.6. The summed E-state index contributed by atoms with van der Waals surface area (Å²) in [6, 6.07) is 3.31. The number of rotatable bonds is 2. The highest BCUT2D eigenvalue weighted by Gasteiger charge is 2.05. The van der Waals surface area contributed by atoms with E-state index in [1.807, 2.05) is 0 Å². The van der Waals surface area contributed by atoms with Gasteiger partial charge in [-0.15, -0.1) is 5.10 Å². The lowest BCUT2D eigenvalue weighted by molar-refractivity contribution is 0.615. The van der Waals surface area contributed by atoms with Crippen molar-refractivity contribution in [2.45, 2.75) is 6.92 Å². The van der Waals surface area contributed by atoms with Crippen molar-refractivity contribution in [3.8, 4) is 0 Å². The van der Waals surface area contributed by atoms with Crippen molar-refractivity contribution in [2.75, 3.05) is 0 Å². The molecular weight excluding hydrogens is 263 g/mol. The predicted molar refractivity (Wildman–Crippen MR) is 62.2 cm³/mol. The summed E-state index contributed by atoms with van der Waals surface area (Å²) < 4.78 is 14.3. The van der Waals surface area contributed by atoms with Gasteiger partial charge in [-0.1, -0.05) is 15.9 Å². The van der Waals surface area contributed by atoms with E-state index < -0.39 is 0 Å². The lowest BCUT2D eigenvalue weighted by Crippen LogP contribution is -2.21. The van der Waals surface area contributed by atoms with E-state index in [4.69, 9.17) is 11.5 Å². The summed E-state index contributed by atoms with van der Waals surface area (Å²) in [6.45, 7) is 1.66. The summed E-state index contributed by atoms with van der Waals surface area (Å²) in [5.41, 5.74) is 11.0. The maximum atomic E-state index is 13.6. The normalized spacial score (nSPS) is 10.6. The van der Waals surface area contributed by atoms with Crippen molar-refractivity contribution in [3.63, 3.8) is 0 Å². The van der Waals surface area contributed by atoms with Gasteiger partial charge in [-0.05, 0) is 24.6 Å². The lowest BCUT2D eigenvalue weighted by Gasteiger charge is -2.01. The minimum atomic E-state index is -0.348. The zero-order valence-corrected chi connectivity index (χ0v) is 9.62. The molecule has 0 saturated carbocycles. The highest BCUT2D eigenvalue weighted by Crippen LogP contribution is 2.20. The van der Waals surface area contributed by atoms with Crippen LogP contribution in [0.15, 0.2) is 26.8 Å². The third-order valence-electron chi connectivity index (χ3n) is 1.72. The number of benzene rings is 1. The quantitative estimate of drug-likeness (QED) is 0.486. The molecule has 0 amide bonds. The van der Waals surface area contributed by atoms with E-state index >= 15 is 0 Å². The van der Waals surface area contributed by atoms with Gasteiger partial charge in [0, 0.05) is 10.0 Å². The molecule has 0 aliphatic carbocycles. The van der Waals surface area contributed by atoms with E-state index in [1.165, 1.54) is 6.21 Å². The maximum absolute atomic E-state index is 13.6. The molecule has 0 radical (unpaired) electrons.